The number of hydrogen-bond acceptors (Lipinski definition) is 6. The number of piperidine rings is 1. The van der Waals surface area contributed by atoms with Crippen LogP contribution in [0.5, 0.6) is 11.6 Å². The zero-order valence-corrected chi connectivity index (χ0v) is 21.9. The Kier molecular flexibility index (Phi) is 7.22. The fourth-order valence-electron chi connectivity index (χ4n) is 6.11. The van der Waals surface area contributed by atoms with Crippen LogP contribution in [0.4, 0.5) is 18.9 Å². The fourth-order valence-corrected chi connectivity index (χ4v) is 6.11. The van der Waals surface area contributed by atoms with E-state index in [-0.39, 0.29) is 22.9 Å². The lowest BCUT2D eigenvalue weighted by Gasteiger charge is -2.51. The Morgan fingerprint density at radius 3 is 2.63 bits per heavy atom. The molecule has 1 saturated heterocycles. The Labute approximate surface area is 221 Å². The van der Waals surface area contributed by atoms with Crippen LogP contribution in [-0.4, -0.2) is 43.3 Å². The van der Waals surface area contributed by atoms with Crippen molar-refractivity contribution in [2.45, 2.75) is 44.8 Å². The average molecular weight is 527 g/mol. The Morgan fingerprint density at radius 1 is 1.08 bits per heavy atom. The quantitative estimate of drug-likeness (QED) is 0.435. The molecule has 1 fully saturated rings. The maximum absolute atomic E-state index is 13.9. The number of fused-ring (bicyclic) bond motifs is 2. The zero-order chi connectivity index (χ0) is 26.9. The number of halogens is 3. The second kappa shape index (κ2) is 10.4. The van der Waals surface area contributed by atoms with Gasteiger partial charge in [0.2, 0.25) is 5.88 Å². The molecule has 0 bridgehead atoms. The number of nitrogens with zero attached hydrogens (tertiary/aromatic N) is 3. The molecule has 2 aliphatic rings. The van der Waals surface area contributed by atoms with Gasteiger partial charge in [-0.3, -0.25) is 4.98 Å². The minimum Gasteiger partial charge on any atom is -0.493 e. The van der Waals surface area contributed by atoms with Gasteiger partial charge in [-0.2, -0.15) is 13.2 Å². The number of ether oxygens (including phenoxy) is 2. The third kappa shape index (κ3) is 4.68. The molecule has 4 heterocycles. The smallest absolute Gasteiger partial charge is 0.435 e. The lowest BCUT2D eigenvalue weighted by molar-refractivity contribution is -0.140. The van der Waals surface area contributed by atoms with Crippen molar-refractivity contribution in [2.24, 2.45) is 5.92 Å². The molecule has 0 aliphatic carbocycles. The van der Waals surface area contributed by atoms with E-state index in [9.17, 15) is 13.2 Å². The molecule has 38 heavy (non-hydrogen) atoms. The first-order valence-electron chi connectivity index (χ1n) is 13.1. The van der Waals surface area contributed by atoms with E-state index in [1.165, 1.54) is 24.8 Å². The summed E-state index contributed by atoms with van der Waals surface area (Å²) in [6.45, 7) is 7.07. The third-order valence-electron chi connectivity index (χ3n) is 7.92. The number of anilines is 1. The molecular weight excluding hydrogens is 493 g/mol. The van der Waals surface area contributed by atoms with Gasteiger partial charge in [-0.25, -0.2) is 4.98 Å². The van der Waals surface area contributed by atoms with Crippen molar-refractivity contribution in [3.63, 3.8) is 0 Å². The molecule has 1 N–H and O–H groups in total. The molecule has 9 heteroatoms. The molecule has 202 valence electrons. The fraction of sp³-hybridized carbons (Fsp3) is 0.448. The monoisotopic (exact) mass is 526 g/mol. The highest BCUT2D eigenvalue weighted by molar-refractivity contribution is 5.68. The Balaban J connectivity index is 1.48. The highest BCUT2D eigenvalue weighted by Crippen LogP contribution is 2.47. The van der Waals surface area contributed by atoms with Crippen molar-refractivity contribution in [3.8, 4) is 22.9 Å². The molecule has 2 aliphatic heterocycles. The van der Waals surface area contributed by atoms with Crippen molar-refractivity contribution in [2.75, 3.05) is 38.3 Å². The van der Waals surface area contributed by atoms with Gasteiger partial charge in [0, 0.05) is 43.2 Å². The van der Waals surface area contributed by atoms with Gasteiger partial charge in [-0.05, 0) is 49.1 Å². The maximum atomic E-state index is 13.9. The minimum atomic E-state index is -4.57. The number of aromatic nitrogens is 2. The molecule has 5 rings (SSSR count). The summed E-state index contributed by atoms with van der Waals surface area (Å²) in [5.41, 5.74) is 3.00. The molecule has 2 aromatic heterocycles. The number of rotatable bonds is 6. The Hall–Kier alpha value is -3.33. The van der Waals surface area contributed by atoms with Crippen LogP contribution in [0.1, 0.15) is 43.6 Å². The first-order chi connectivity index (χ1) is 18.3. The number of benzene rings is 1. The molecule has 2 unspecified atom stereocenters. The number of methoxy groups -OCH3 is 1. The second-order valence-electron chi connectivity index (χ2n) is 9.90. The van der Waals surface area contributed by atoms with Crippen molar-refractivity contribution in [1.29, 1.82) is 0 Å². The molecular formula is C29H33F3N4O2. The first-order valence-corrected chi connectivity index (χ1v) is 13.1. The summed E-state index contributed by atoms with van der Waals surface area (Å²) in [6, 6.07) is 15.1. The molecule has 6 nitrogen and oxygen atoms in total. The summed E-state index contributed by atoms with van der Waals surface area (Å²) < 4.78 is 52.6. The Bertz CT molecular complexity index is 1300. The molecule has 0 amide bonds. The van der Waals surface area contributed by atoms with E-state index in [4.69, 9.17) is 14.5 Å². The maximum Gasteiger partial charge on any atom is 0.435 e. The first kappa shape index (κ1) is 26.3. The standard InChI is InChI=1S/C29H33F3N4O2/c1-4-19-17-36(24-12-13-26(37-3)35-27(24)29(30,31)32)15-14-28(19)18-33-16-23-21(28)10-11-22(34-23)20-8-6-7-9-25(20)38-5-2/h6-13,19,33H,4-5,14-18H2,1-3H3. The predicted octanol–water partition coefficient (Wildman–Crippen LogP) is 5.85. The molecule has 0 radical (unpaired) electrons. The van der Waals surface area contributed by atoms with Crippen LogP contribution in [0.15, 0.2) is 48.5 Å². The SMILES string of the molecule is CCOc1ccccc1-c1ccc2c(n1)CNCC21CCN(c2ccc(OC)nc2C(F)(F)F)CC1CC. The summed E-state index contributed by atoms with van der Waals surface area (Å²) in [5.74, 6) is 0.892. The van der Waals surface area contributed by atoms with Crippen LogP contribution in [-0.2, 0) is 18.1 Å². The normalized spacial score (nSPS) is 21.3. The van der Waals surface area contributed by atoms with Gasteiger partial charge < -0.3 is 19.7 Å². The summed E-state index contributed by atoms with van der Waals surface area (Å²) in [5, 5.41) is 3.57. The van der Waals surface area contributed by atoms with Gasteiger partial charge in [0.1, 0.15) is 5.75 Å². The number of nitrogens with one attached hydrogen (secondary N) is 1. The summed E-state index contributed by atoms with van der Waals surface area (Å²) in [6.07, 6.45) is -3.03. The number of pyridine rings is 2. The number of alkyl halides is 3. The van der Waals surface area contributed by atoms with Crippen molar-refractivity contribution < 1.29 is 22.6 Å². The highest BCUT2D eigenvalue weighted by atomic mass is 19.4. The second-order valence-corrected chi connectivity index (χ2v) is 9.90. The zero-order valence-electron chi connectivity index (χ0n) is 21.9. The molecule has 0 saturated carbocycles. The topological polar surface area (TPSA) is 59.5 Å². The molecule has 1 aromatic carbocycles. The number of para-hydroxylation sites is 1. The van der Waals surface area contributed by atoms with E-state index in [2.05, 4.69) is 29.4 Å². The predicted molar refractivity (Wildman–Crippen MR) is 141 cm³/mol. The summed E-state index contributed by atoms with van der Waals surface area (Å²) in [7, 11) is 1.32. The van der Waals surface area contributed by atoms with Crippen LogP contribution < -0.4 is 19.7 Å². The van der Waals surface area contributed by atoms with E-state index < -0.39 is 11.9 Å². The Morgan fingerprint density at radius 2 is 1.89 bits per heavy atom. The van der Waals surface area contributed by atoms with Gasteiger partial charge in [-0.15, -0.1) is 0 Å². The number of hydrogen-bond donors (Lipinski definition) is 1. The molecule has 1 spiro atoms. The molecule has 2 atom stereocenters. The average Bonchev–Trinajstić information content (AvgIpc) is 2.93. The lowest BCUT2D eigenvalue weighted by atomic mass is 9.63. The van der Waals surface area contributed by atoms with Crippen LogP contribution in [0, 0.1) is 5.92 Å². The van der Waals surface area contributed by atoms with E-state index in [0.717, 1.165) is 35.7 Å². The lowest BCUT2D eigenvalue weighted by Crippen LogP contribution is -2.57. The van der Waals surface area contributed by atoms with Gasteiger partial charge in [0.25, 0.3) is 0 Å². The molecule has 3 aromatic rings. The van der Waals surface area contributed by atoms with E-state index in [1.807, 2.05) is 36.1 Å². The summed E-state index contributed by atoms with van der Waals surface area (Å²) in [4.78, 5) is 10.7. The van der Waals surface area contributed by atoms with E-state index in [0.29, 0.717) is 32.7 Å². The van der Waals surface area contributed by atoms with E-state index >= 15 is 0 Å². The van der Waals surface area contributed by atoms with Gasteiger partial charge >= 0.3 is 6.18 Å². The van der Waals surface area contributed by atoms with Gasteiger partial charge in [-0.1, -0.05) is 31.5 Å². The van der Waals surface area contributed by atoms with Crippen LogP contribution >= 0.6 is 0 Å². The van der Waals surface area contributed by atoms with Crippen molar-refractivity contribution in [1.82, 2.24) is 15.3 Å². The third-order valence-corrected chi connectivity index (χ3v) is 7.92. The van der Waals surface area contributed by atoms with Crippen molar-refractivity contribution >= 4 is 5.69 Å². The van der Waals surface area contributed by atoms with Crippen LogP contribution in [0.3, 0.4) is 0 Å². The van der Waals surface area contributed by atoms with Gasteiger partial charge in [0.05, 0.1) is 30.8 Å². The minimum absolute atomic E-state index is 0.0419. The van der Waals surface area contributed by atoms with Crippen LogP contribution in [0.25, 0.3) is 11.3 Å². The summed E-state index contributed by atoms with van der Waals surface area (Å²) >= 11 is 0. The largest absolute Gasteiger partial charge is 0.493 e. The highest BCUT2D eigenvalue weighted by Gasteiger charge is 2.48. The van der Waals surface area contributed by atoms with Crippen LogP contribution in [0.2, 0.25) is 0 Å². The van der Waals surface area contributed by atoms with Crippen molar-refractivity contribution in [3.05, 3.63) is 65.5 Å². The van der Waals surface area contributed by atoms with E-state index in [1.54, 1.807) is 0 Å². The van der Waals surface area contributed by atoms with Gasteiger partial charge in [0.15, 0.2) is 5.69 Å².